The van der Waals surface area contributed by atoms with E-state index in [1.165, 1.54) is 0 Å². The molecule has 1 fully saturated rings. The second-order valence-electron chi connectivity index (χ2n) is 9.28. The molecule has 1 N–H and O–H groups in total. The molecule has 0 spiro atoms. The van der Waals surface area contributed by atoms with Gasteiger partial charge in [-0.05, 0) is 57.5 Å². The molecule has 0 bridgehead atoms. The van der Waals surface area contributed by atoms with E-state index >= 15 is 0 Å². The number of nitrogens with one attached hydrogen (secondary N) is 1. The van der Waals surface area contributed by atoms with Gasteiger partial charge >= 0.3 is 0 Å². The Kier molecular flexibility index (Phi) is 6.14. The highest BCUT2D eigenvalue weighted by Gasteiger charge is 2.44. The minimum absolute atomic E-state index is 0.0402. The maximum Gasteiger partial charge on any atom is 0.259 e. The molecule has 7 nitrogen and oxygen atoms in total. The number of anilines is 2. The molecule has 3 heterocycles. The van der Waals surface area contributed by atoms with Crippen LogP contribution in [0.15, 0.2) is 36.7 Å². The monoisotopic (exact) mass is 455 g/mol. The Morgan fingerprint density at radius 3 is 2.50 bits per heavy atom. The van der Waals surface area contributed by atoms with Gasteiger partial charge in [0.25, 0.3) is 5.91 Å². The van der Waals surface area contributed by atoms with Crippen molar-refractivity contribution in [3.8, 4) is 0 Å². The number of nitrogens with zero attached hydrogens (tertiary/aromatic N) is 4. The van der Waals surface area contributed by atoms with Crippen molar-refractivity contribution in [2.75, 3.05) is 42.5 Å². The van der Waals surface area contributed by atoms with E-state index in [1.54, 1.807) is 23.2 Å². The Labute approximate surface area is 194 Å². The molecule has 0 unspecified atom stereocenters. The van der Waals surface area contributed by atoms with Gasteiger partial charge in [-0.15, -0.1) is 0 Å². The van der Waals surface area contributed by atoms with E-state index in [9.17, 15) is 9.59 Å². The van der Waals surface area contributed by atoms with Crippen LogP contribution in [0.25, 0.3) is 0 Å². The molecule has 4 rings (SSSR count). The summed E-state index contributed by atoms with van der Waals surface area (Å²) in [6.07, 6.45) is 3.57. The fourth-order valence-corrected chi connectivity index (χ4v) is 4.76. The molecule has 2 aromatic rings. The highest BCUT2D eigenvalue weighted by Crippen LogP contribution is 2.43. The predicted octanol–water partition coefficient (Wildman–Crippen LogP) is 3.28. The van der Waals surface area contributed by atoms with Gasteiger partial charge in [-0.3, -0.25) is 24.4 Å². The van der Waals surface area contributed by atoms with E-state index in [-0.39, 0.29) is 17.9 Å². The third-order valence-corrected chi connectivity index (χ3v) is 6.39. The number of aromatic nitrogens is 1. The summed E-state index contributed by atoms with van der Waals surface area (Å²) in [4.78, 5) is 35.9. The van der Waals surface area contributed by atoms with E-state index in [4.69, 9.17) is 11.6 Å². The number of halogens is 1. The van der Waals surface area contributed by atoms with Gasteiger partial charge in [0, 0.05) is 42.8 Å². The smallest absolute Gasteiger partial charge is 0.259 e. The average molecular weight is 456 g/mol. The quantitative estimate of drug-likeness (QED) is 0.749. The minimum atomic E-state index is -0.528. The fraction of sp³-hybridized carbons (Fsp3) is 0.458. The van der Waals surface area contributed by atoms with Crippen molar-refractivity contribution in [3.63, 3.8) is 0 Å². The zero-order chi connectivity index (χ0) is 23.0. The first-order chi connectivity index (χ1) is 15.2. The zero-order valence-electron chi connectivity index (χ0n) is 19.1. The Morgan fingerprint density at radius 2 is 1.81 bits per heavy atom. The summed E-state index contributed by atoms with van der Waals surface area (Å²) in [7, 11) is 0. The van der Waals surface area contributed by atoms with Crippen LogP contribution in [0.3, 0.4) is 0 Å². The molecular formula is C24H30ClN5O2. The largest absolute Gasteiger partial charge is 0.368 e. The maximum absolute atomic E-state index is 13.2. The summed E-state index contributed by atoms with van der Waals surface area (Å²) in [6, 6.07) is 7.61. The molecule has 0 radical (unpaired) electrons. The van der Waals surface area contributed by atoms with Crippen molar-refractivity contribution in [2.45, 2.75) is 39.3 Å². The first-order valence-electron chi connectivity index (χ1n) is 11.0. The number of hydrogen-bond donors (Lipinski definition) is 1. The molecule has 170 valence electrons. The number of benzene rings is 1. The lowest BCUT2D eigenvalue weighted by atomic mass is 9.93. The summed E-state index contributed by atoms with van der Waals surface area (Å²) in [5, 5.41) is 3.57. The van der Waals surface area contributed by atoms with E-state index in [2.05, 4.69) is 20.1 Å². The van der Waals surface area contributed by atoms with Crippen LogP contribution in [0, 0.1) is 0 Å². The summed E-state index contributed by atoms with van der Waals surface area (Å²) in [5.74, 6) is 0.0214. The number of carbonyl (C=O) groups excluding carboxylic acids is 2. The molecule has 2 aliphatic heterocycles. The van der Waals surface area contributed by atoms with Gasteiger partial charge in [-0.2, -0.15) is 0 Å². The standard InChI is InChI=1S/C24H30ClN5O2/c1-16(2)27-22(31)15-28-7-9-29(10-8-28)18-12-19(14-26-13-18)30-23(32)20-6-5-17(25)11-21(20)24(30,3)4/h5-6,11-14,16H,7-10,15H2,1-4H3,(H,27,31). The summed E-state index contributed by atoms with van der Waals surface area (Å²) in [6.45, 7) is 11.6. The van der Waals surface area contributed by atoms with E-state index in [0.717, 1.165) is 43.1 Å². The zero-order valence-corrected chi connectivity index (χ0v) is 19.8. The molecule has 1 saturated heterocycles. The Hall–Kier alpha value is -2.64. The molecule has 1 aromatic heterocycles. The van der Waals surface area contributed by atoms with Gasteiger partial charge in [0.05, 0.1) is 35.9 Å². The SMILES string of the molecule is CC(C)NC(=O)CN1CCN(c2cncc(N3C(=O)c4ccc(Cl)cc4C3(C)C)c2)CC1. The van der Waals surface area contributed by atoms with E-state index < -0.39 is 5.54 Å². The third kappa shape index (κ3) is 4.32. The average Bonchev–Trinajstić information content (AvgIpc) is 2.93. The van der Waals surface area contributed by atoms with Crippen LogP contribution < -0.4 is 15.1 Å². The molecule has 1 aromatic carbocycles. The van der Waals surface area contributed by atoms with Gasteiger partial charge in [0.2, 0.25) is 5.91 Å². The van der Waals surface area contributed by atoms with Crippen LogP contribution in [0.2, 0.25) is 5.02 Å². The first-order valence-corrected chi connectivity index (χ1v) is 11.4. The van der Waals surface area contributed by atoms with Crippen molar-refractivity contribution in [1.82, 2.24) is 15.2 Å². The first kappa shape index (κ1) is 22.6. The van der Waals surface area contributed by atoms with Crippen LogP contribution in [0.4, 0.5) is 11.4 Å². The lowest BCUT2D eigenvalue weighted by molar-refractivity contribution is -0.122. The van der Waals surface area contributed by atoms with Gasteiger partial charge < -0.3 is 10.2 Å². The molecule has 32 heavy (non-hydrogen) atoms. The minimum Gasteiger partial charge on any atom is -0.368 e. The third-order valence-electron chi connectivity index (χ3n) is 6.16. The summed E-state index contributed by atoms with van der Waals surface area (Å²) in [5.41, 5.74) is 2.82. The van der Waals surface area contributed by atoms with Crippen molar-refractivity contribution in [3.05, 3.63) is 52.8 Å². The van der Waals surface area contributed by atoms with Gasteiger partial charge in [0.1, 0.15) is 0 Å². The Balaban J connectivity index is 1.48. The van der Waals surface area contributed by atoms with Crippen molar-refractivity contribution in [1.29, 1.82) is 0 Å². The number of piperazine rings is 1. The second kappa shape index (κ2) is 8.71. The van der Waals surface area contributed by atoms with Gasteiger partial charge in [-0.1, -0.05) is 11.6 Å². The van der Waals surface area contributed by atoms with E-state index in [1.807, 2.05) is 46.0 Å². The lowest BCUT2D eigenvalue weighted by Crippen LogP contribution is -2.50. The lowest BCUT2D eigenvalue weighted by Gasteiger charge is -2.37. The predicted molar refractivity (Wildman–Crippen MR) is 127 cm³/mol. The molecule has 0 aliphatic carbocycles. The number of rotatable bonds is 5. The molecule has 0 saturated carbocycles. The van der Waals surface area contributed by atoms with Gasteiger partial charge in [-0.25, -0.2) is 0 Å². The summed E-state index contributed by atoms with van der Waals surface area (Å²) < 4.78 is 0. The highest BCUT2D eigenvalue weighted by molar-refractivity contribution is 6.31. The number of carbonyl (C=O) groups is 2. The Morgan fingerprint density at radius 1 is 1.12 bits per heavy atom. The van der Waals surface area contributed by atoms with Crippen molar-refractivity contribution in [2.24, 2.45) is 0 Å². The normalized spacial score (nSPS) is 18.2. The molecule has 0 atom stereocenters. The molecule has 2 amide bonds. The Bertz CT molecular complexity index is 1030. The number of fused-ring (bicyclic) bond motifs is 1. The second-order valence-corrected chi connectivity index (χ2v) is 9.71. The van der Waals surface area contributed by atoms with Gasteiger partial charge in [0.15, 0.2) is 0 Å². The topological polar surface area (TPSA) is 68.8 Å². The maximum atomic E-state index is 13.2. The van der Waals surface area contributed by atoms with Crippen LogP contribution in [0.1, 0.15) is 43.6 Å². The van der Waals surface area contributed by atoms with E-state index in [0.29, 0.717) is 17.1 Å². The summed E-state index contributed by atoms with van der Waals surface area (Å²) >= 11 is 6.21. The highest BCUT2D eigenvalue weighted by atomic mass is 35.5. The number of pyridine rings is 1. The van der Waals surface area contributed by atoms with Crippen LogP contribution in [-0.2, 0) is 10.3 Å². The molecule has 2 aliphatic rings. The fourth-order valence-electron chi connectivity index (χ4n) is 4.59. The van der Waals surface area contributed by atoms with Crippen LogP contribution in [0.5, 0.6) is 0 Å². The molecule has 8 heteroatoms. The van der Waals surface area contributed by atoms with Crippen LogP contribution in [-0.4, -0.2) is 60.5 Å². The van der Waals surface area contributed by atoms with Crippen molar-refractivity contribution >= 4 is 34.8 Å². The molecular weight excluding hydrogens is 426 g/mol. The number of amides is 2. The van der Waals surface area contributed by atoms with Crippen LogP contribution >= 0.6 is 11.6 Å². The number of hydrogen-bond acceptors (Lipinski definition) is 5. The van der Waals surface area contributed by atoms with Crippen molar-refractivity contribution < 1.29 is 9.59 Å².